The van der Waals surface area contributed by atoms with Crippen LogP contribution in [0, 0.1) is 23.1 Å². The van der Waals surface area contributed by atoms with Crippen LogP contribution >= 0.6 is 0 Å². The van der Waals surface area contributed by atoms with Crippen LogP contribution in [-0.2, 0) is 11.3 Å². The third-order valence-corrected chi connectivity index (χ3v) is 3.66. The van der Waals surface area contributed by atoms with Gasteiger partial charge in [-0.1, -0.05) is 6.92 Å². The molecule has 3 nitrogen and oxygen atoms in total. The van der Waals surface area contributed by atoms with E-state index in [4.69, 9.17) is 10.00 Å². The predicted octanol–water partition coefficient (Wildman–Crippen LogP) is 2.60. The number of ether oxygens (including phenoxy) is 1. The van der Waals surface area contributed by atoms with Crippen molar-refractivity contribution in [3.05, 3.63) is 35.1 Å². The average molecular weight is 262 g/mol. The molecule has 4 heteroatoms. The zero-order chi connectivity index (χ0) is 13.7. The minimum Gasteiger partial charge on any atom is -0.378 e. The molecule has 1 N–H and O–H groups in total. The van der Waals surface area contributed by atoms with Crippen molar-refractivity contribution in [2.24, 2.45) is 5.92 Å². The SMILES string of the molecule is CCC1OCCC1CNCc1cc(F)ccc1C#N. The van der Waals surface area contributed by atoms with Gasteiger partial charge in [0.25, 0.3) is 0 Å². The van der Waals surface area contributed by atoms with Gasteiger partial charge in [-0.05, 0) is 42.5 Å². The molecule has 0 saturated carbocycles. The molecule has 0 bridgehead atoms. The highest BCUT2D eigenvalue weighted by atomic mass is 19.1. The number of nitrogens with one attached hydrogen (secondary N) is 1. The summed E-state index contributed by atoms with van der Waals surface area (Å²) in [5, 5.41) is 12.3. The van der Waals surface area contributed by atoms with Crippen molar-refractivity contribution in [3.63, 3.8) is 0 Å². The van der Waals surface area contributed by atoms with Gasteiger partial charge in [0.05, 0.1) is 17.7 Å². The Kier molecular flexibility index (Phi) is 4.89. The van der Waals surface area contributed by atoms with Gasteiger partial charge in [0, 0.05) is 19.7 Å². The number of rotatable bonds is 5. The van der Waals surface area contributed by atoms with Gasteiger partial charge in [-0.3, -0.25) is 0 Å². The van der Waals surface area contributed by atoms with Gasteiger partial charge in [0.1, 0.15) is 5.82 Å². The fourth-order valence-electron chi connectivity index (χ4n) is 2.59. The fraction of sp³-hybridized carbons (Fsp3) is 0.533. The second kappa shape index (κ2) is 6.65. The Bertz CT molecular complexity index is 470. The van der Waals surface area contributed by atoms with E-state index in [1.807, 2.05) is 0 Å². The van der Waals surface area contributed by atoms with E-state index in [0.29, 0.717) is 24.1 Å². The van der Waals surface area contributed by atoms with E-state index in [1.165, 1.54) is 18.2 Å². The molecule has 1 aromatic rings. The van der Waals surface area contributed by atoms with Crippen molar-refractivity contribution in [2.45, 2.75) is 32.4 Å². The lowest BCUT2D eigenvalue weighted by molar-refractivity contribution is 0.0872. The zero-order valence-corrected chi connectivity index (χ0v) is 11.2. The summed E-state index contributed by atoms with van der Waals surface area (Å²) in [6, 6.07) is 6.36. The first-order valence-electron chi connectivity index (χ1n) is 6.75. The predicted molar refractivity (Wildman–Crippen MR) is 71.0 cm³/mol. The number of halogens is 1. The van der Waals surface area contributed by atoms with E-state index in [1.54, 1.807) is 0 Å². The van der Waals surface area contributed by atoms with Gasteiger partial charge < -0.3 is 10.1 Å². The van der Waals surface area contributed by atoms with Crippen LogP contribution in [0.2, 0.25) is 0 Å². The Morgan fingerprint density at radius 1 is 1.53 bits per heavy atom. The Labute approximate surface area is 113 Å². The molecule has 1 aliphatic rings. The Balaban J connectivity index is 1.89. The van der Waals surface area contributed by atoms with Gasteiger partial charge in [-0.2, -0.15) is 5.26 Å². The highest BCUT2D eigenvalue weighted by Gasteiger charge is 2.25. The molecule has 0 spiro atoms. The molecule has 2 atom stereocenters. The number of hydrogen-bond donors (Lipinski definition) is 1. The molecule has 1 aromatic carbocycles. The fourth-order valence-corrected chi connectivity index (χ4v) is 2.59. The summed E-state index contributed by atoms with van der Waals surface area (Å²) in [6.45, 7) is 4.32. The standard InChI is InChI=1S/C15H19FN2O/c1-2-15-12(5-6-19-15)9-18-10-13-7-14(16)4-3-11(13)8-17/h3-4,7,12,15,18H,2,5-6,9-10H2,1H3. The van der Waals surface area contributed by atoms with Crippen molar-refractivity contribution in [1.82, 2.24) is 5.32 Å². The third-order valence-electron chi connectivity index (χ3n) is 3.66. The average Bonchev–Trinajstić information content (AvgIpc) is 2.86. The molecule has 19 heavy (non-hydrogen) atoms. The van der Waals surface area contributed by atoms with E-state index in [0.717, 1.165) is 31.6 Å². The first-order chi connectivity index (χ1) is 9.24. The summed E-state index contributed by atoms with van der Waals surface area (Å²) in [4.78, 5) is 0. The molecule has 2 rings (SSSR count). The topological polar surface area (TPSA) is 45.0 Å². The van der Waals surface area contributed by atoms with Crippen molar-refractivity contribution < 1.29 is 9.13 Å². The maximum atomic E-state index is 13.2. The largest absolute Gasteiger partial charge is 0.378 e. The summed E-state index contributed by atoms with van der Waals surface area (Å²) < 4.78 is 18.8. The lowest BCUT2D eigenvalue weighted by Gasteiger charge is -2.17. The van der Waals surface area contributed by atoms with Gasteiger partial charge in [-0.15, -0.1) is 0 Å². The summed E-state index contributed by atoms with van der Waals surface area (Å²) in [5.41, 5.74) is 1.25. The van der Waals surface area contributed by atoms with Gasteiger partial charge in [0.2, 0.25) is 0 Å². The van der Waals surface area contributed by atoms with E-state index >= 15 is 0 Å². The van der Waals surface area contributed by atoms with Crippen molar-refractivity contribution in [2.75, 3.05) is 13.2 Å². The molecule has 1 aliphatic heterocycles. The quantitative estimate of drug-likeness (QED) is 0.887. The molecule has 1 fully saturated rings. The molecular weight excluding hydrogens is 243 g/mol. The maximum Gasteiger partial charge on any atom is 0.123 e. The molecule has 1 saturated heterocycles. The number of benzene rings is 1. The van der Waals surface area contributed by atoms with E-state index in [9.17, 15) is 4.39 Å². The molecule has 0 aromatic heterocycles. The van der Waals surface area contributed by atoms with Crippen molar-refractivity contribution in [3.8, 4) is 6.07 Å². The summed E-state index contributed by atoms with van der Waals surface area (Å²) in [7, 11) is 0. The number of nitriles is 1. The second-order valence-electron chi connectivity index (χ2n) is 4.91. The Hall–Kier alpha value is -1.44. The van der Waals surface area contributed by atoms with E-state index in [-0.39, 0.29) is 5.82 Å². The highest BCUT2D eigenvalue weighted by Crippen LogP contribution is 2.22. The second-order valence-corrected chi connectivity index (χ2v) is 4.91. The maximum absolute atomic E-state index is 13.2. The van der Waals surface area contributed by atoms with E-state index in [2.05, 4.69) is 18.3 Å². The first-order valence-corrected chi connectivity index (χ1v) is 6.75. The molecule has 0 radical (unpaired) electrons. The van der Waals surface area contributed by atoms with Crippen LogP contribution < -0.4 is 5.32 Å². The van der Waals surface area contributed by atoms with Gasteiger partial charge in [0.15, 0.2) is 0 Å². The number of hydrogen-bond acceptors (Lipinski definition) is 3. The van der Waals surface area contributed by atoms with Crippen LogP contribution in [0.25, 0.3) is 0 Å². The van der Waals surface area contributed by atoms with E-state index < -0.39 is 0 Å². The molecule has 1 heterocycles. The lowest BCUT2D eigenvalue weighted by atomic mass is 9.99. The first kappa shape index (κ1) is 14.0. The van der Waals surface area contributed by atoms with Crippen LogP contribution in [0.3, 0.4) is 0 Å². The lowest BCUT2D eigenvalue weighted by Crippen LogP contribution is -2.28. The zero-order valence-electron chi connectivity index (χ0n) is 11.2. The monoisotopic (exact) mass is 262 g/mol. The minimum absolute atomic E-state index is 0.300. The van der Waals surface area contributed by atoms with Crippen LogP contribution in [0.15, 0.2) is 18.2 Å². The third kappa shape index (κ3) is 3.52. The normalized spacial score (nSPS) is 22.4. The summed E-state index contributed by atoms with van der Waals surface area (Å²) in [6.07, 6.45) is 2.42. The van der Waals surface area contributed by atoms with Crippen LogP contribution in [0.5, 0.6) is 0 Å². The van der Waals surface area contributed by atoms with Gasteiger partial charge >= 0.3 is 0 Å². The van der Waals surface area contributed by atoms with Crippen LogP contribution in [-0.4, -0.2) is 19.3 Å². The summed E-state index contributed by atoms with van der Waals surface area (Å²) >= 11 is 0. The Morgan fingerprint density at radius 2 is 2.37 bits per heavy atom. The summed E-state index contributed by atoms with van der Waals surface area (Å²) in [5.74, 6) is 0.218. The molecule has 102 valence electrons. The smallest absolute Gasteiger partial charge is 0.123 e. The number of nitrogens with zero attached hydrogens (tertiary/aromatic N) is 1. The van der Waals surface area contributed by atoms with Crippen molar-refractivity contribution >= 4 is 0 Å². The molecule has 2 unspecified atom stereocenters. The Morgan fingerprint density at radius 3 is 3.11 bits per heavy atom. The van der Waals surface area contributed by atoms with Crippen LogP contribution in [0.4, 0.5) is 4.39 Å². The van der Waals surface area contributed by atoms with Gasteiger partial charge in [-0.25, -0.2) is 4.39 Å². The molecule has 0 aliphatic carbocycles. The van der Waals surface area contributed by atoms with Crippen molar-refractivity contribution in [1.29, 1.82) is 5.26 Å². The minimum atomic E-state index is -0.300. The molecule has 0 amide bonds. The highest BCUT2D eigenvalue weighted by molar-refractivity contribution is 5.37. The molecular formula is C15H19FN2O. The van der Waals surface area contributed by atoms with Crippen LogP contribution in [0.1, 0.15) is 30.9 Å².